The molecule has 0 amide bonds. The molecule has 21 heavy (non-hydrogen) atoms. The maximum Gasteiger partial charge on any atom is 0.137 e. The molecule has 4 heteroatoms. The molecule has 114 valence electrons. The molecule has 0 aromatic carbocycles. The van der Waals surface area contributed by atoms with Crippen molar-refractivity contribution < 1.29 is 0 Å². The van der Waals surface area contributed by atoms with Crippen molar-refractivity contribution in [2.75, 3.05) is 13.1 Å². The number of nitrogens with two attached hydrogens (primary N) is 1. The molecular formula is C17H26N4. The molecule has 4 nitrogen and oxygen atoms in total. The summed E-state index contributed by atoms with van der Waals surface area (Å²) in [5, 5.41) is 0. The van der Waals surface area contributed by atoms with Crippen molar-refractivity contribution in [3.63, 3.8) is 0 Å². The van der Waals surface area contributed by atoms with Gasteiger partial charge in [-0.1, -0.05) is 25.3 Å². The highest BCUT2D eigenvalue weighted by Crippen LogP contribution is 2.24. The van der Waals surface area contributed by atoms with Crippen molar-refractivity contribution in [1.29, 1.82) is 0 Å². The van der Waals surface area contributed by atoms with Crippen LogP contribution in [0.2, 0.25) is 0 Å². The Kier molecular flexibility index (Phi) is 4.88. The van der Waals surface area contributed by atoms with E-state index in [0.29, 0.717) is 0 Å². The summed E-state index contributed by atoms with van der Waals surface area (Å²) in [4.78, 5) is 7.35. The first kappa shape index (κ1) is 14.5. The minimum Gasteiger partial charge on any atom is -0.330 e. The van der Waals surface area contributed by atoms with Crippen LogP contribution in [0, 0.1) is 0 Å². The van der Waals surface area contributed by atoms with Gasteiger partial charge in [-0.25, -0.2) is 4.98 Å². The first-order valence-electron chi connectivity index (χ1n) is 8.23. The van der Waals surface area contributed by atoms with Gasteiger partial charge in [-0.2, -0.15) is 0 Å². The van der Waals surface area contributed by atoms with Gasteiger partial charge in [-0.05, 0) is 37.9 Å². The van der Waals surface area contributed by atoms with Gasteiger partial charge in [0.15, 0.2) is 0 Å². The third kappa shape index (κ3) is 3.63. The van der Waals surface area contributed by atoms with Crippen molar-refractivity contribution in [2.24, 2.45) is 5.73 Å². The van der Waals surface area contributed by atoms with E-state index in [9.17, 15) is 0 Å². The number of hydrogen-bond acceptors (Lipinski definition) is 3. The Labute approximate surface area is 127 Å². The van der Waals surface area contributed by atoms with Crippen LogP contribution in [0.15, 0.2) is 30.6 Å². The zero-order valence-electron chi connectivity index (χ0n) is 12.7. The Morgan fingerprint density at radius 1 is 1.24 bits per heavy atom. The quantitative estimate of drug-likeness (QED) is 0.888. The van der Waals surface area contributed by atoms with Crippen LogP contribution in [0.1, 0.15) is 44.2 Å². The van der Waals surface area contributed by atoms with Gasteiger partial charge >= 0.3 is 0 Å². The maximum atomic E-state index is 5.71. The molecule has 2 aromatic heterocycles. The summed E-state index contributed by atoms with van der Waals surface area (Å²) >= 11 is 0. The molecule has 1 fully saturated rings. The highest BCUT2D eigenvalue weighted by Gasteiger charge is 2.21. The fourth-order valence-corrected chi connectivity index (χ4v) is 3.40. The van der Waals surface area contributed by atoms with Crippen molar-refractivity contribution in [3.05, 3.63) is 36.3 Å². The van der Waals surface area contributed by atoms with Crippen molar-refractivity contribution >= 4 is 5.65 Å². The van der Waals surface area contributed by atoms with E-state index in [1.165, 1.54) is 37.8 Å². The zero-order chi connectivity index (χ0) is 14.5. The van der Waals surface area contributed by atoms with E-state index < -0.39 is 0 Å². The molecule has 2 aromatic rings. The molecule has 0 aliphatic heterocycles. The second kappa shape index (κ2) is 7.05. The third-order valence-electron chi connectivity index (χ3n) is 4.52. The van der Waals surface area contributed by atoms with Gasteiger partial charge in [0, 0.05) is 31.5 Å². The van der Waals surface area contributed by atoms with Crippen LogP contribution >= 0.6 is 0 Å². The Morgan fingerprint density at radius 2 is 2.10 bits per heavy atom. The van der Waals surface area contributed by atoms with Gasteiger partial charge in [-0.3, -0.25) is 4.90 Å². The van der Waals surface area contributed by atoms with Gasteiger partial charge in [0.1, 0.15) is 5.65 Å². The molecule has 1 aliphatic rings. The Bertz CT molecular complexity index is 524. The van der Waals surface area contributed by atoms with E-state index in [1.54, 1.807) is 0 Å². The van der Waals surface area contributed by atoms with Crippen LogP contribution in [-0.2, 0) is 6.54 Å². The summed E-state index contributed by atoms with van der Waals surface area (Å²) < 4.78 is 2.11. The van der Waals surface area contributed by atoms with E-state index in [2.05, 4.69) is 27.8 Å². The Balaban J connectivity index is 1.72. The predicted molar refractivity (Wildman–Crippen MR) is 86.1 cm³/mol. The number of aromatic nitrogens is 2. The second-order valence-electron chi connectivity index (χ2n) is 6.10. The first-order chi connectivity index (χ1) is 10.4. The molecule has 1 aliphatic carbocycles. The fourth-order valence-electron chi connectivity index (χ4n) is 3.40. The third-order valence-corrected chi connectivity index (χ3v) is 4.52. The number of nitrogens with zero attached hydrogens (tertiary/aromatic N) is 3. The van der Waals surface area contributed by atoms with Crippen molar-refractivity contribution in [1.82, 2.24) is 14.3 Å². The fraction of sp³-hybridized carbons (Fsp3) is 0.588. The van der Waals surface area contributed by atoms with E-state index in [0.717, 1.165) is 37.7 Å². The molecule has 3 rings (SSSR count). The minimum absolute atomic E-state index is 0.718. The standard InChI is InChI=1S/C17H26N4/c18-10-6-12-20(16-7-2-1-3-8-16)13-15-14-21-11-5-4-9-17(21)19-15/h4-5,9,11,14,16H,1-3,6-8,10,12-13,18H2. The van der Waals surface area contributed by atoms with Crippen molar-refractivity contribution in [3.8, 4) is 0 Å². The molecule has 0 atom stereocenters. The number of hydrogen-bond donors (Lipinski definition) is 1. The first-order valence-corrected chi connectivity index (χ1v) is 8.23. The number of pyridine rings is 1. The average Bonchev–Trinajstić information content (AvgIpc) is 2.94. The Morgan fingerprint density at radius 3 is 2.86 bits per heavy atom. The molecule has 2 N–H and O–H groups in total. The lowest BCUT2D eigenvalue weighted by Gasteiger charge is -2.33. The van der Waals surface area contributed by atoms with Gasteiger partial charge in [-0.15, -0.1) is 0 Å². The Hall–Kier alpha value is -1.39. The molecule has 0 unspecified atom stereocenters. The summed E-state index contributed by atoms with van der Waals surface area (Å²) in [7, 11) is 0. The second-order valence-corrected chi connectivity index (χ2v) is 6.10. The lowest BCUT2D eigenvalue weighted by Crippen LogP contribution is -2.37. The van der Waals surface area contributed by atoms with Crippen LogP contribution in [-0.4, -0.2) is 33.4 Å². The average molecular weight is 286 g/mol. The maximum absolute atomic E-state index is 5.71. The SMILES string of the molecule is NCCCN(Cc1cn2ccccc2n1)C1CCCCC1. The highest BCUT2D eigenvalue weighted by molar-refractivity contribution is 5.39. The van der Waals surface area contributed by atoms with Gasteiger partial charge in [0.25, 0.3) is 0 Å². The minimum atomic E-state index is 0.718. The van der Waals surface area contributed by atoms with Crippen LogP contribution in [0.4, 0.5) is 0 Å². The van der Waals surface area contributed by atoms with Crippen LogP contribution in [0.25, 0.3) is 5.65 Å². The van der Waals surface area contributed by atoms with Crippen molar-refractivity contribution in [2.45, 2.75) is 51.1 Å². The van der Waals surface area contributed by atoms with Crippen LogP contribution in [0.5, 0.6) is 0 Å². The van der Waals surface area contributed by atoms with E-state index >= 15 is 0 Å². The van der Waals surface area contributed by atoms with Crippen LogP contribution in [0.3, 0.4) is 0 Å². The topological polar surface area (TPSA) is 46.6 Å². The van der Waals surface area contributed by atoms with E-state index in [-0.39, 0.29) is 0 Å². The predicted octanol–water partition coefficient (Wildman–Crippen LogP) is 2.82. The van der Waals surface area contributed by atoms with Gasteiger partial charge in [0.2, 0.25) is 0 Å². The summed E-state index contributed by atoms with van der Waals surface area (Å²) in [5.41, 5.74) is 7.92. The summed E-state index contributed by atoms with van der Waals surface area (Å²) in [5.74, 6) is 0. The highest BCUT2D eigenvalue weighted by atomic mass is 15.2. The molecule has 0 radical (unpaired) electrons. The molecule has 1 saturated carbocycles. The monoisotopic (exact) mass is 286 g/mol. The largest absolute Gasteiger partial charge is 0.330 e. The number of fused-ring (bicyclic) bond motifs is 1. The lowest BCUT2D eigenvalue weighted by molar-refractivity contribution is 0.145. The smallest absolute Gasteiger partial charge is 0.137 e. The summed E-state index contributed by atoms with van der Waals surface area (Å²) in [6, 6.07) is 6.87. The lowest BCUT2D eigenvalue weighted by atomic mass is 9.94. The molecule has 0 saturated heterocycles. The zero-order valence-corrected chi connectivity index (χ0v) is 12.7. The van der Waals surface area contributed by atoms with E-state index in [4.69, 9.17) is 10.7 Å². The van der Waals surface area contributed by atoms with E-state index in [1.807, 2.05) is 12.1 Å². The van der Waals surface area contributed by atoms with Crippen LogP contribution < -0.4 is 5.73 Å². The number of rotatable bonds is 6. The summed E-state index contributed by atoms with van der Waals surface area (Å²) in [6.07, 6.45) is 12.1. The molecule has 0 bridgehead atoms. The molecule has 0 spiro atoms. The van der Waals surface area contributed by atoms with Gasteiger partial charge in [0.05, 0.1) is 5.69 Å². The summed E-state index contributed by atoms with van der Waals surface area (Å²) in [6.45, 7) is 2.82. The molecule has 2 heterocycles. The van der Waals surface area contributed by atoms with Gasteiger partial charge < -0.3 is 10.1 Å². The molecular weight excluding hydrogens is 260 g/mol. The normalized spacial score (nSPS) is 16.9. The number of imidazole rings is 1.